The molecule has 3 nitrogen and oxygen atoms in total. The number of carbonyl (C=O) groups excluding carboxylic acids is 1. The van der Waals surface area contributed by atoms with Gasteiger partial charge >= 0.3 is 0 Å². The molecule has 156 valence electrons. The monoisotopic (exact) mass is 409 g/mol. The zero-order valence-electron chi connectivity index (χ0n) is 17.9. The van der Waals surface area contributed by atoms with Gasteiger partial charge in [-0.15, -0.1) is 0 Å². The second kappa shape index (κ2) is 9.48. The average Bonchev–Trinajstić information content (AvgIpc) is 2.82. The molecule has 4 rings (SSSR count). The number of hydrogen-bond acceptors (Lipinski definition) is 2. The summed E-state index contributed by atoms with van der Waals surface area (Å²) in [6, 6.07) is 32.1. The Bertz CT molecular complexity index is 1170. The molecule has 0 saturated heterocycles. The Morgan fingerprint density at radius 3 is 2.26 bits per heavy atom. The van der Waals surface area contributed by atoms with Gasteiger partial charge in [-0.3, -0.25) is 4.79 Å². The van der Waals surface area contributed by atoms with E-state index in [0.717, 1.165) is 27.5 Å². The number of hydrogen-bond donors (Lipinski definition) is 1. The summed E-state index contributed by atoms with van der Waals surface area (Å²) in [5.41, 5.74) is 3.27. The van der Waals surface area contributed by atoms with Crippen LogP contribution in [0.1, 0.15) is 36.1 Å². The van der Waals surface area contributed by atoms with Gasteiger partial charge in [0.05, 0.1) is 6.04 Å². The van der Waals surface area contributed by atoms with E-state index in [1.54, 1.807) is 0 Å². The molecule has 0 spiro atoms. The second-order valence-electron chi connectivity index (χ2n) is 7.73. The highest BCUT2D eigenvalue weighted by Crippen LogP contribution is 2.26. The maximum Gasteiger partial charge on any atom is 0.261 e. The number of benzene rings is 4. The number of aryl methyl sites for hydroxylation is 1. The van der Waals surface area contributed by atoms with Crippen LogP contribution in [0, 0.1) is 6.92 Å². The van der Waals surface area contributed by atoms with E-state index in [9.17, 15) is 4.79 Å². The Hall–Kier alpha value is -3.59. The highest BCUT2D eigenvalue weighted by Gasteiger charge is 2.24. The van der Waals surface area contributed by atoms with Crippen LogP contribution in [0.25, 0.3) is 10.8 Å². The topological polar surface area (TPSA) is 38.3 Å². The minimum absolute atomic E-state index is 0.118. The number of fused-ring (bicyclic) bond motifs is 1. The molecule has 0 fully saturated rings. The fourth-order valence-corrected chi connectivity index (χ4v) is 3.86. The van der Waals surface area contributed by atoms with Crippen LogP contribution in [0.3, 0.4) is 0 Å². The van der Waals surface area contributed by atoms with Gasteiger partial charge in [0.1, 0.15) is 5.75 Å². The van der Waals surface area contributed by atoms with Crippen LogP contribution in [-0.2, 0) is 4.79 Å². The Labute approximate surface area is 183 Å². The fourth-order valence-electron chi connectivity index (χ4n) is 3.86. The van der Waals surface area contributed by atoms with Crippen LogP contribution in [0.4, 0.5) is 0 Å². The first-order chi connectivity index (χ1) is 15.2. The molecule has 0 bridgehead atoms. The molecule has 0 aliphatic carbocycles. The normalized spacial score (nSPS) is 12.8. The molecule has 4 aromatic rings. The molecule has 0 heterocycles. The lowest BCUT2D eigenvalue weighted by molar-refractivity contribution is -0.128. The highest BCUT2D eigenvalue weighted by atomic mass is 16.5. The maximum absolute atomic E-state index is 13.3. The lowest BCUT2D eigenvalue weighted by Crippen LogP contribution is -2.40. The van der Waals surface area contributed by atoms with Crippen LogP contribution >= 0.6 is 0 Å². The van der Waals surface area contributed by atoms with Crippen molar-refractivity contribution in [1.82, 2.24) is 5.32 Å². The predicted molar refractivity (Wildman–Crippen MR) is 126 cm³/mol. The van der Waals surface area contributed by atoms with Gasteiger partial charge in [-0.25, -0.2) is 0 Å². The molecule has 31 heavy (non-hydrogen) atoms. The third-order valence-corrected chi connectivity index (χ3v) is 5.58. The Kier molecular flexibility index (Phi) is 6.32. The van der Waals surface area contributed by atoms with E-state index in [2.05, 4.69) is 30.4 Å². The molecule has 1 N–H and O–H groups in total. The van der Waals surface area contributed by atoms with Gasteiger partial charge in [-0.05, 0) is 52.9 Å². The Balaban J connectivity index is 1.58. The minimum atomic E-state index is -0.573. The molecule has 0 aliphatic heterocycles. The summed E-state index contributed by atoms with van der Waals surface area (Å²) >= 11 is 0. The number of ether oxygens (including phenoxy) is 1. The zero-order chi connectivity index (χ0) is 21.6. The summed E-state index contributed by atoms with van der Waals surface area (Å²) < 4.78 is 6.12. The molecule has 0 saturated carbocycles. The lowest BCUT2D eigenvalue weighted by Gasteiger charge is -2.25. The molecule has 3 heteroatoms. The van der Waals surface area contributed by atoms with Gasteiger partial charge in [-0.1, -0.05) is 91.9 Å². The van der Waals surface area contributed by atoms with Gasteiger partial charge in [0, 0.05) is 0 Å². The van der Waals surface area contributed by atoms with E-state index < -0.39 is 6.10 Å². The van der Waals surface area contributed by atoms with Crippen LogP contribution in [-0.4, -0.2) is 12.0 Å². The second-order valence-corrected chi connectivity index (χ2v) is 7.73. The number of rotatable bonds is 7. The number of nitrogens with one attached hydrogen (secondary N) is 1. The molecule has 1 amide bonds. The van der Waals surface area contributed by atoms with E-state index >= 15 is 0 Å². The number of amides is 1. The van der Waals surface area contributed by atoms with Gasteiger partial charge in [0.25, 0.3) is 5.91 Å². The van der Waals surface area contributed by atoms with Crippen molar-refractivity contribution >= 4 is 16.7 Å². The van der Waals surface area contributed by atoms with E-state index in [4.69, 9.17) is 4.74 Å². The van der Waals surface area contributed by atoms with Crippen LogP contribution in [0.2, 0.25) is 0 Å². The molecule has 2 atom stereocenters. The van der Waals surface area contributed by atoms with Gasteiger partial charge in [0.15, 0.2) is 6.10 Å². The standard InChI is InChI=1S/C28H27NO2/c1-3-26(31-24-18-17-21-12-8-9-15-23(21)19-24)28(30)29-27(22-13-5-4-6-14-22)25-16-10-7-11-20(25)2/h4-19,26-27H,3H2,1-2H3,(H,29,30)/t26-,27-/m0/s1. The summed E-state index contributed by atoms with van der Waals surface area (Å²) in [6.07, 6.45) is 0.00454. The summed E-state index contributed by atoms with van der Waals surface area (Å²) in [5.74, 6) is 0.584. The van der Waals surface area contributed by atoms with E-state index in [1.807, 2.05) is 85.8 Å². The van der Waals surface area contributed by atoms with Crippen LogP contribution in [0.5, 0.6) is 5.75 Å². The highest BCUT2D eigenvalue weighted by molar-refractivity contribution is 5.85. The first kappa shape index (κ1) is 20.7. The van der Waals surface area contributed by atoms with Crippen LogP contribution in [0.15, 0.2) is 97.1 Å². The maximum atomic E-state index is 13.3. The third kappa shape index (κ3) is 4.77. The molecule has 4 aromatic carbocycles. The first-order valence-corrected chi connectivity index (χ1v) is 10.7. The molecule has 0 aromatic heterocycles. The molecular formula is C28H27NO2. The quantitative estimate of drug-likeness (QED) is 0.394. The van der Waals surface area contributed by atoms with Crippen molar-refractivity contribution in [3.63, 3.8) is 0 Å². The van der Waals surface area contributed by atoms with Crippen molar-refractivity contribution in [2.45, 2.75) is 32.4 Å². The van der Waals surface area contributed by atoms with E-state index in [1.165, 1.54) is 0 Å². The Morgan fingerprint density at radius 2 is 1.52 bits per heavy atom. The lowest BCUT2D eigenvalue weighted by atomic mass is 9.94. The first-order valence-electron chi connectivity index (χ1n) is 10.7. The number of carbonyl (C=O) groups is 1. The van der Waals surface area contributed by atoms with Crippen molar-refractivity contribution in [3.8, 4) is 5.75 Å². The van der Waals surface area contributed by atoms with Gasteiger partial charge < -0.3 is 10.1 Å². The minimum Gasteiger partial charge on any atom is -0.481 e. The zero-order valence-corrected chi connectivity index (χ0v) is 17.9. The third-order valence-electron chi connectivity index (χ3n) is 5.58. The molecule has 0 radical (unpaired) electrons. The smallest absolute Gasteiger partial charge is 0.261 e. The van der Waals surface area contributed by atoms with E-state index in [0.29, 0.717) is 12.2 Å². The summed E-state index contributed by atoms with van der Waals surface area (Å²) in [6.45, 7) is 4.04. The average molecular weight is 410 g/mol. The van der Waals surface area contributed by atoms with Crippen molar-refractivity contribution in [1.29, 1.82) is 0 Å². The van der Waals surface area contributed by atoms with Crippen molar-refractivity contribution in [3.05, 3.63) is 114 Å². The Morgan fingerprint density at radius 1 is 0.839 bits per heavy atom. The van der Waals surface area contributed by atoms with Gasteiger partial charge in [-0.2, -0.15) is 0 Å². The molecular weight excluding hydrogens is 382 g/mol. The SMILES string of the molecule is CC[C@H](Oc1ccc2ccccc2c1)C(=O)N[C@@H](c1ccccc1)c1ccccc1C. The largest absolute Gasteiger partial charge is 0.481 e. The van der Waals surface area contributed by atoms with Crippen molar-refractivity contribution < 1.29 is 9.53 Å². The van der Waals surface area contributed by atoms with Crippen LogP contribution < -0.4 is 10.1 Å². The van der Waals surface area contributed by atoms with Crippen molar-refractivity contribution in [2.75, 3.05) is 0 Å². The summed E-state index contributed by atoms with van der Waals surface area (Å²) in [7, 11) is 0. The summed E-state index contributed by atoms with van der Waals surface area (Å²) in [4.78, 5) is 13.3. The molecule has 0 unspecified atom stereocenters. The van der Waals surface area contributed by atoms with E-state index in [-0.39, 0.29) is 11.9 Å². The van der Waals surface area contributed by atoms with Crippen molar-refractivity contribution in [2.24, 2.45) is 0 Å². The van der Waals surface area contributed by atoms with Gasteiger partial charge in [0.2, 0.25) is 0 Å². The predicted octanol–water partition coefficient (Wildman–Crippen LogP) is 6.21. The fraction of sp³-hybridized carbons (Fsp3) is 0.179. The molecule has 0 aliphatic rings. The summed E-state index contributed by atoms with van der Waals surface area (Å²) in [5, 5.41) is 5.48.